The van der Waals surface area contributed by atoms with E-state index < -0.39 is 0 Å². The molecule has 0 aliphatic rings. The van der Waals surface area contributed by atoms with Gasteiger partial charge in [0.15, 0.2) is 0 Å². The van der Waals surface area contributed by atoms with Gasteiger partial charge in [0, 0.05) is 11.1 Å². The van der Waals surface area contributed by atoms with Crippen LogP contribution in [-0.2, 0) is 9.53 Å². The van der Waals surface area contributed by atoms with Gasteiger partial charge in [-0.15, -0.1) is 0 Å². The van der Waals surface area contributed by atoms with Crippen LogP contribution < -0.4 is 5.32 Å². The number of benzene rings is 2. The third kappa shape index (κ3) is 3.97. The van der Waals surface area contributed by atoms with Crippen molar-refractivity contribution in [1.29, 1.82) is 0 Å². The lowest BCUT2D eigenvalue weighted by Crippen LogP contribution is -2.32. The van der Waals surface area contributed by atoms with Crippen LogP contribution in [0.2, 0.25) is 0 Å². The molecule has 0 aliphatic carbocycles. The number of hydrogen-bond acceptors (Lipinski definition) is 3. The molecule has 2 rings (SSSR count). The van der Waals surface area contributed by atoms with Crippen LogP contribution in [0, 0.1) is 5.92 Å². The summed E-state index contributed by atoms with van der Waals surface area (Å²) in [6, 6.07) is 13.9. The molecule has 0 heterocycles. The van der Waals surface area contributed by atoms with Crippen molar-refractivity contribution in [2.45, 2.75) is 33.2 Å². The van der Waals surface area contributed by atoms with Gasteiger partial charge < -0.3 is 10.1 Å². The normalized spacial score (nSPS) is 12.4. The van der Waals surface area contributed by atoms with Crippen LogP contribution in [0.1, 0.15) is 27.2 Å². The summed E-state index contributed by atoms with van der Waals surface area (Å²) in [5, 5.41) is 5.65. The zero-order chi connectivity index (χ0) is 15.2. The van der Waals surface area contributed by atoms with Crippen LogP contribution in [0.5, 0.6) is 0 Å². The van der Waals surface area contributed by atoms with E-state index in [1.807, 2.05) is 31.2 Å². The predicted octanol–water partition coefficient (Wildman–Crippen LogP) is 4.23. The fraction of sp³-hybridized carbons (Fsp3) is 0.389. The Morgan fingerprint density at radius 1 is 1.14 bits per heavy atom. The van der Waals surface area contributed by atoms with Crippen molar-refractivity contribution in [2.24, 2.45) is 5.92 Å². The number of nitrogens with one attached hydrogen (secondary N) is 1. The van der Waals surface area contributed by atoms with Crippen LogP contribution >= 0.6 is 0 Å². The van der Waals surface area contributed by atoms with Crippen molar-refractivity contribution >= 4 is 22.4 Å². The van der Waals surface area contributed by atoms with E-state index in [4.69, 9.17) is 4.74 Å². The van der Waals surface area contributed by atoms with Gasteiger partial charge in [0.25, 0.3) is 0 Å². The number of hydrogen-bond donors (Lipinski definition) is 1. The maximum atomic E-state index is 12.1. The molecule has 2 aromatic rings. The van der Waals surface area contributed by atoms with Gasteiger partial charge in [-0.2, -0.15) is 0 Å². The molecule has 0 spiro atoms. The summed E-state index contributed by atoms with van der Waals surface area (Å²) >= 11 is 0. The van der Waals surface area contributed by atoms with Crippen LogP contribution in [0.3, 0.4) is 0 Å². The number of rotatable bonds is 6. The maximum Gasteiger partial charge on any atom is 0.328 e. The highest BCUT2D eigenvalue weighted by Gasteiger charge is 2.21. The van der Waals surface area contributed by atoms with Crippen LogP contribution in [-0.4, -0.2) is 18.6 Å². The first-order valence-corrected chi connectivity index (χ1v) is 7.52. The molecule has 0 aliphatic heterocycles. The minimum Gasteiger partial charge on any atom is -0.464 e. The summed E-state index contributed by atoms with van der Waals surface area (Å²) < 4.78 is 5.19. The molecule has 0 saturated carbocycles. The molecule has 112 valence electrons. The molecule has 0 unspecified atom stereocenters. The van der Waals surface area contributed by atoms with E-state index >= 15 is 0 Å². The average molecular weight is 285 g/mol. The largest absolute Gasteiger partial charge is 0.464 e. The monoisotopic (exact) mass is 285 g/mol. The average Bonchev–Trinajstić information content (AvgIpc) is 2.46. The molecular formula is C18H23NO2. The summed E-state index contributed by atoms with van der Waals surface area (Å²) in [5.41, 5.74) is 0.979. The summed E-state index contributed by atoms with van der Waals surface area (Å²) in [5.74, 6) is 0.237. The lowest BCUT2D eigenvalue weighted by molar-refractivity contribution is -0.144. The van der Waals surface area contributed by atoms with Gasteiger partial charge >= 0.3 is 5.97 Å². The number of anilines is 1. The van der Waals surface area contributed by atoms with Gasteiger partial charge in [-0.1, -0.05) is 50.2 Å². The smallest absolute Gasteiger partial charge is 0.328 e. The highest BCUT2D eigenvalue weighted by atomic mass is 16.5. The Bertz CT molecular complexity index is 602. The van der Waals surface area contributed by atoms with Gasteiger partial charge in [0.1, 0.15) is 6.04 Å². The molecule has 0 bridgehead atoms. The Hall–Kier alpha value is -2.03. The van der Waals surface area contributed by atoms with Gasteiger partial charge in [-0.3, -0.25) is 0 Å². The Morgan fingerprint density at radius 2 is 1.86 bits per heavy atom. The van der Waals surface area contributed by atoms with E-state index in [2.05, 4.69) is 37.4 Å². The van der Waals surface area contributed by atoms with Crippen LogP contribution in [0.25, 0.3) is 10.8 Å². The molecule has 3 heteroatoms. The first kappa shape index (κ1) is 15.4. The molecule has 21 heavy (non-hydrogen) atoms. The Labute approximate surface area is 126 Å². The highest BCUT2D eigenvalue weighted by Crippen LogP contribution is 2.24. The van der Waals surface area contributed by atoms with E-state index in [9.17, 15) is 4.79 Å². The maximum absolute atomic E-state index is 12.1. The second kappa shape index (κ2) is 7.11. The molecule has 0 amide bonds. The molecule has 0 fully saturated rings. The lowest BCUT2D eigenvalue weighted by atomic mass is 10.0. The first-order chi connectivity index (χ1) is 10.1. The molecule has 3 nitrogen and oxygen atoms in total. The Balaban J connectivity index is 2.27. The molecule has 0 aromatic heterocycles. The predicted molar refractivity (Wildman–Crippen MR) is 87.4 cm³/mol. The van der Waals surface area contributed by atoms with Gasteiger partial charge in [-0.05, 0) is 30.7 Å². The molecule has 1 atom stereocenters. The zero-order valence-corrected chi connectivity index (χ0v) is 12.9. The number of carbonyl (C=O) groups excluding carboxylic acids is 1. The SMILES string of the molecule is CCOC(=O)[C@H](CC(C)C)Nc1cccc2ccccc12. The van der Waals surface area contributed by atoms with E-state index in [0.29, 0.717) is 12.5 Å². The Kier molecular flexibility index (Phi) is 5.20. The third-order valence-corrected chi connectivity index (χ3v) is 3.40. The summed E-state index contributed by atoms with van der Waals surface area (Å²) in [7, 11) is 0. The minimum absolute atomic E-state index is 0.181. The molecule has 2 aromatic carbocycles. The second-order valence-electron chi connectivity index (χ2n) is 5.61. The van der Waals surface area contributed by atoms with Crippen molar-refractivity contribution in [1.82, 2.24) is 0 Å². The summed E-state index contributed by atoms with van der Waals surface area (Å²) in [4.78, 5) is 12.1. The van der Waals surface area contributed by atoms with E-state index in [0.717, 1.165) is 22.9 Å². The van der Waals surface area contributed by atoms with Crippen molar-refractivity contribution in [3.63, 3.8) is 0 Å². The van der Waals surface area contributed by atoms with Crippen molar-refractivity contribution in [2.75, 3.05) is 11.9 Å². The Morgan fingerprint density at radius 3 is 2.57 bits per heavy atom. The van der Waals surface area contributed by atoms with Gasteiger partial charge in [0.05, 0.1) is 6.61 Å². The van der Waals surface area contributed by atoms with E-state index in [1.54, 1.807) is 0 Å². The number of fused-ring (bicyclic) bond motifs is 1. The molecule has 1 N–H and O–H groups in total. The fourth-order valence-corrected chi connectivity index (χ4v) is 2.47. The van der Waals surface area contributed by atoms with Crippen LogP contribution in [0.15, 0.2) is 42.5 Å². The van der Waals surface area contributed by atoms with Gasteiger partial charge in [0.2, 0.25) is 0 Å². The standard InChI is InChI=1S/C18H23NO2/c1-4-21-18(20)17(12-13(2)3)19-16-11-7-9-14-8-5-6-10-15(14)16/h5-11,13,17,19H,4,12H2,1-3H3/t17-/m0/s1. The molecule has 0 radical (unpaired) electrons. The lowest BCUT2D eigenvalue weighted by Gasteiger charge is -2.21. The van der Waals surface area contributed by atoms with Crippen molar-refractivity contribution in [3.8, 4) is 0 Å². The third-order valence-electron chi connectivity index (χ3n) is 3.40. The highest BCUT2D eigenvalue weighted by molar-refractivity contribution is 5.95. The number of carbonyl (C=O) groups is 1. The van der Waals surface area contributed by atoms with E-state index in [1.165, 1.54) is 0 Å². The number of ether oxygens (including phenoxy) is 1. The summed E-state index contributed by atoms with van der Waals surface area (Å²) in [6.07, 6.45) is 0.752. The van der Waals surface area contributed by atoms with Crippen LogP contribution in [0.4, 0.5) is 5.69 Å². The quantitative estimate of drug-likeness (QED) is 0.807. The second-order valence-corrected chi connectivity index (χ2v) is 5.61. The fourth-order valence-electron chi connectivity index (χ4n) is 2.47. The van der Waals surface area contributed by atoms with Gasteiger partial charge in [-0.25, -0.2) is 4.79 Å². The first-order valence-electron chi connectivity index (χ1n) is 7.52. The molecular weight excluding hydrogens is 262 g/mol. The minimum atomic E-state index is -0.309. The van der Waals surface area contributed by atoms with Crippen molar-refractivity contribution in [3.05, 3.63) is 42.5 Å². The molecule has 0 saturated heterocycles. The summed E-state index contributed by atoms with van der Waals surface area (Å²) in [6.45, 7) is 6.46. The number of esters is 1. The van der Waals surface area contributed by atoms with Crippen molar-refractivity contribution < 1.29 is 9.53 Å². The zero-order valence-electron chi connectivity index (χ0n) is 12.9. The van der Waals surface area contributed by atoms with E-state index in [-0.39, 0.29) is 12.0 Å². The topological polar surface area (TPSA) is 38.3 Å².